The second-order valence-corrected chi connectivity index (χ2v) is 12.9. The normalized spacial score (nSPS) is 43.8. The summed E-state index contributed by atoms with van der Waals surface area (Å²) in [5.74, 6) is 0.298. The molecular formula is C29H46N2O6. The van der Waals surface area contributed by atoms with Gasteiger partial charge in [-0.1, -0.05) is 11.6 Å². The van der Waals surface area contributed by atoms with Crippen molar-refractivity contribution in [2.24, 2.45) is 16.7 Å². The van der Waals surface area contributed by atoms with E-state index in [9.17, 15) is 9.59 Å². The fraction of sp³-hybridized carbons (Fsp3) is 0.862. The van der Waals surface area contributed by atoms with Crippen molar-refractivity contribution in [2.45, 2.75) is 114 Å². The lowest BCUT2D eigenvalue weighted by atomic mass is 9.53. The molecule has 6 rings (SSSR count). The van der Waals surface area contributed by atoms with Gasteiger partial charge in [-0.2, -0.15) is 0 Å². The molecule has 6 fully saturated rings. The highest BCUT2D eigenvalue weighted by atomic mass is 16.6. The highest BCUT2D eigenvalue weighted by Crippen LogP contribution is 2.60. The first-order valence-corrected chi connectivity index (χ1v) is 14.3. The Kier molecular flexibility index (Phi) is 7.27. The molecule has 2 unspecified atom stereocenters. The molecule has 0 aromatic carbocycles. The fourth-order valence-electron chi connectivity index (χ4n) is 7.80. The molecule has 37 heavy (non-hydrogen) atoms. The number of fused-ring (bicyclic) bond motifs is 3. The Bertz CT molecular complexity index is 901. The van der Waals surface area contributed by atoms with Gasteiger partial charge in [0.15, 0.2) is 0 Å². The number of aliphatic hydroxyl groups is 1. The van der Waals surface area contributed by atoms with E-state index in [1.165, 1.54) is 5.57 Å². The summed E-state index contributed by atoms with van der Waals surface area (Å²) in [6.45, 7) is 7.73. The maximum absolute atomic E-state index is 13.8. The van der Waals surface area contributed by atoms with Crippen LogP contribution in [0.5, 0.6) is 0 Å². The Morgan fingerprint density at radius 1 is 1.05 bits per heavy atom. The molecule has 1 spiro atoms. The summed E-state index contributed by atoms with van der Waals surface area (Å²) in [6, 6.07) is -0.0766. The Balaban J connectivity index is 1.24. The monoisotopic (exact) mass is 518 g/mol. The first-order chi connectivity index (χ1) is 17.6. The molecule has 0 aromatic heterocycles. The lowest BCUT2D eigenvalue weighted by molar-refractivity contribution is -0.153. The molecule has 4 saturated carbocycles. The number of rotatable bonds is 10. The minimum atomic E-state index is -0.391. The lowest BCUT2D eigenvalue weighted by Gasteiger charge is -2.52. The van der Waals surface area contributed by atoms with E-state index in [4.69, 9.17) is 19.3 Å². The fourth-order valence-corrected chi connectivity index (χ4v) is 7.80. The zero-order valence-electron chi connectivity index (χ0n) is 23.1. The third kappa shape index (κ3) is 4.77. The second-order valence-electron chi connectivity index (χ2n) is 12.9. The van der Waals surface area contributed by atoms with Gasteiger partial charge >= 0.3 is 0 Å². The third-order valence-electron chi connectivity index (χ3n) is 10.4. The molecule has 2 saturated heterocycles. The summed E-state index contributed by atoms with van der Waals surface area (Å²) in [4.78, 5) is 26.7. The number of methoxy groups -OCH3 is 1. The van der Waals surface area contributed by atoms with Crippen LogP contribution in [0.15, 0.2) is 11.6 Å². The van der Waals surface area contributed by atoms with E-state index in [2.05, 4.69) is 37.5 Å². The molecule has 2 heterocycles. The number of allylic oxidation sites excluding steroid dienone is 1. The van der Waals surface area contributed by atoms with E-state index in [1.807, 2.05) is 0 Å². The van der Waals surface area contributed by atoms with Gasteiger partial charge in [-0.3, -0.25) is 9.59 Å². The van der Waals surface area contributed by atoms with Crippen LogP contribution in [0, 0.1) is 16.7 Å². The Hall–Kier alpha value is -1.48. The third-order valence-corrected chi connectivity index (χ3v) is 10.4. The lowest BCUT2D eigenvalue weighted by Crippen LogP contribution is -2.62. The summed E-state index contributed by atoms with van der Waals surface area (Å²) in [6.07, 6.45) is 9.91. The first kappa shape index (κ1) is 27.1. The predicted octanol–water partition coefficient (Wildman–Crippen LogP) is 3.02. The molecule has 6 atom stereocenters. The predicted molar refractivity (Wildman–Crippen MR) is 139 cm³/mol. The van der Waals surface area contributed by atoms with Crippen LogP contribution < -0.4 is 10.6 Å². The summed E-state index contributed by atoms with van der Waals surface area (Å²) < 4.78 is 18.5. The number of carbonyl (C=O) groups is 2. The van der Waals surface area contributed by atoms with Gasteiger partial charge in [-0.15, -0.1) is 0 Å². The summed E-state index contributed by atoms with van der Waals surface area (Å²) >= 11 is 0. The van der Waals surface area contributed by atoms with Gasteiger partial charge < -0.3 is 30.0 Å². The van der Waals surface area contributed by atoms with Crippen molar-refractivity contribution in [3.63, 3.8) is 0 Å². The number of nitrogens with one attached hydrogen (secondary N) is 2. The van der Waals surface area contributed by atoms with Crippen molar-refractivity contribution in [2.75, 3.05) is 26.9 Å². The van der Waals surface area contributed by atoms with Crippen LogP contribution in [0.25, 0.3) is 0 Å². The topological polar surface area (TPSA) is 113 Å². The molecule has 4 aliphatic carbocycles. The van der Waals surface area contributed by atoms with Crippen LogP contribution in [0.4, 0.5) is 0 Å². The van der Waals surface area contributed by atoms with Gasteiger partial charge in [0.25, 0.3) is 0 Å². The average Bonchev–Trinajstić information content (AvgIpc) is 3.81. The zero-order chi connectivity index (χ0) is 26.5. The van der Waals surface area contributed by atoms with Crippen molar-refractivity contribution in [3.05, 3.63) is 11.6 Å². The van der Waals surface area contributed by atoms with Gasteiger partial charge in [0.1, 0.15) is 5.60 Å². The molecule has 0 radical (unpaired) electrons. The van der Waals surface area contributed by atoms with Crippen LogP contribution in [-0.2, 0) is 23.8 Å². The number of epoxide rings is 2. The van der Waals surface area contributed by atoms with E-state index in [0.717, 1.165) is 64.4 Å². The molecule has 6 aliphatic rings. The first-order valence-electron chi connectivity index (χ1n) is 14.3. The van der Waals surface area contributed by atoms with Gasteiger partial charge in [0.05, 0.1) is 30.5 Å². The highest BCUT2D eigenvalue weighted by molar-refractivity contribution is 5.87. The Labute approximate surface area is 221 Å². The van der Waals surface area contributed by atoms with E-state index < -0.39 is 5.41 Å². The van der Waals surface area contributed by atoms with Crippen molar-refractivity contribution < 1.29 is 28.9 Å². The van der Waals surface area contributed by atoms with E-state index in [1.54, 1.807) is 7.11 Å². The molecule has 208 valence electrons. The maximum Gasteiger partial charge on any atom is 0.226 e. The van der Waals surface area contributed by atoms with Gasteiger partial charge in [0, 0.05) is 37.0 Å². The molecular weight excluding hydrogens is 472 g/mol. The van der Waals surface area contributed by atoms with Gasteiger partial charge in [0.2, 0.25) is 11.8 Å². The Morgan fingerprint density at radius 3 is 2.22 bits per heavy atom. The number of amides is 2. The van der Waals surface area contributed by atoms with Crippen molar-refractivity contribution in [3.8, 4) is 0 Å². The minimum absolute atomic E-state index is 0.0742. The SMILES string of the molecule is CO[C@@H]1[C@H](NC(=O)C23CCC(C(=O)NCCCO)(CC2)CC3)CCC2(CO2)[C@H]1[C@]1(C)OC1CC=C(C)C. The van der Waals surface area contributed by atoms with Crippen molar-refractivity contribution in [1.29, 1.82) is 0 Å². The zero-order valence-corrected chi connectivity index (χ0v) is 23.1. The van der Waals surface area contributed by atoms with Crippen molar-refractivity contribution in [1.82, 2.24) is 10.6 Å². The van der Waals surface area contributed by atoms with Crippen LogP contribution in [0.1, 0.15) is 85.0 Å². The quantitative estimate of drug-likeness (QED) is 0.233. The standard InChI is InChI=1S/C29H46N2O6/c1-19(2)6-7-21-26(3,37-21)23-22(35-4)20(8-9-29(23)18-36-29)31-25(34)28-13-10-27(11-14-28,12-15-28)24(33)30-16-5-17-32/h6,20-23,32H,5,7-18H2,1-4H3,(H,30,33)(H,31,34)/t20-,21?,22-,23-,26-,27?,28?,29?/m1/s1. The second kappa shape index (κ2) is 9.92. The van der Waals surface area contributed by atoms with Crippen LogP contribution >= 0.6 is 0 Å². The Morgan fingerprint density at radius 2 is 1.68 bits per heavy atom. The van der Waals surface area contributed by atoms with Gasteiger partial charge in [-0.05, 0) is 85.0 Å². The smallest absolute Gasteiger partial charge is 0.226 e. The van der Waals surface area contributed by atoms with Crippen LogP contribution in [-0.4, -0.2) is 73.2 Å². The minimum Gasteiger partial charge on any atom is -0.396 e. The number of hydrogen-bond donors (Lipinski definition) is 3. The highest BCUT2D eigenvalue weighted by Gasteiger charge is 2.72. The van der Waals surface area contributed by atoms with E-state index in [-0.39, 0.29) is 59.2 Å². The van der Waals surface area contributed by atoms with Crippen LogP contribution in [0.3, 0.4) is 0 Å². The molecule has 8 heteroatoms. The van der Waals surface area contributed by atoms with Crippen molar-refractivity contribution >= 4 is 11.8 Å². The maximum atomic E-state index is 13.8. The summed E-state index contributed by atoms with van der Waals surface area (Å²) in [5.41, 5.74) is 0.0314. The summed E-state index contributed by atoms with van der Waals surface area (Å²) in [7, 11) is 1.75. The van der Waals surface area contributed by atoms with E-state index >= 15 is 0 Å². The number of ether oxygens (including phenoxy) is 3. The molecule has 2 bridgehead atoms. The largest absolute Gasteiger partial charge is 0.396 e. The average molecular weight is 519 g/mol. The van der Waals surface area contributed by atoms with Gasteiger partial charge in [-0.25, -0.2) is 0 Å². The molecule has 0 aromatic rings. The molecule has 8 nitrogen and oxygen atoms in total. The summed E-state index contributed by atoms with van der Waals surface area (Å²) in [5, 5.41) is 15.5. The molecule has 2 aliphatic heterocycles. The number of hydrogen-bond acceptors (Lipinski definition) is 6. The number of carbonyl (C=O) groups excluding carboxylic acids is 2. The molecule has 3 N–H and O–H groups in total. The van der Waals surface area contributed by atoms with E-state index in [0.29, 0.717) is 13.0 Å². The number of aliphatic hydroxyl groups excluding tert-OH is 1. The molecule has 2 amide bonds. The van der Waals surface area contributed by atoms with Crippen LogP contribution in [0.2, 0.25) is 0 Å².